The van der Waals surface area contributed by atoms with Crippen molar-refractivity contribution in [2.45, 2.75) is 39.2 Å². The third-order valence-electron chi connectivity index (χ3n) is 3.73. The summed E-state index contributed by atoms with van der Waals surface area (Å²) in [6.45, 7) is 5.70. The maximum absolute atomic E-state index is 6.02. The Morgan fingerprint density at radius 2 is 2.06 bits per heavy atom. The molecule has 0 atom stereocenters. The summed E-state index contributed by atoms with van der Waals surface area (Å²) in [4.78, 5) is 2.56. The van der Waals surface area contributed by atoms with Gasteiger partial charge in [-0.05, 0) is 43.4 Å². The molecular formula is C15H24N2. The molecule has 0 spiro atoms. The highest BCUT2D eigenvalue weighted by molar-refractivity contribution is 5.46. The van der Waals surface area contributed by atoms with Crippen molar-refractivity contribution in [3.63, 3.8) is 0 Å². The van der Waals surface area contributed by atoms with Gasteiger partial charge in [0.15, 0.2) is 0 Å². The summed E-state index contributed by atoms with van der Waals surface area (Å²) in [5.74, 6) is 0.937. The van der Waals surface area contributed by atoms with Gasteiger partial charge >= 0.3 is 0 Å². The Hall–Kier alpha value is -1.02. The van der Waals surface area contributed by atoms with Crippen molar-refractivity contribution < 1.29 is 0 Å². The lowest BCUT2D eigenvalue weighted by Crippen LogP contribution is -2.33. The highest BCUT2D eigenvalue weighted by atomic mass is 15.1. The SMILES string of the molecule is CCCN(Cc1ccccc1N)CC1CCC1. The molecule has 1 aromatic rings. The second-order valence-electron chi connectivity index (χ2n) is 5.23. The van der Waals surface area contributed by atoms with E-state index >= 15 is 0 Å². The molecule has 2 N–H and O–H groups in total. The van der Waals surface area contributed by atoms with Gasteiger partial charge in [0.1, 0.15) is 0 Å². The van der Waals surface area contributed by atoms with Gasteiger partial charge in [-0.25, -0.2) is 0 Å². The molecule has 0 unspecified atom stereocenters. The van der Waals surface area contributed by atoms with Gasteiger partial charge < -0.3 is 5.73 Å². The molecule has 1 aliphatic rings. The fourth-order valence-corrected chi connectivity index (χ4v) is 2.51. The van der Waals surface area contributed by atoms with Gasteiger partial charge in [0.05, 0.1) is 0 Å². The first-order chi connectivity index (χ1) is 8.29. The number of nitrogens with zero attached hydrogens (tertiary/aromatic N) is 1. The average Bonchev–Trinajstić information content (AvgIpc) is 2.26. The summed E-state index contributed by atoms with van der Waals surface area (Å²) < 4.78 is 0. The average molecular weight is 232 g/mol. The Balaban J connectivity index is 1.93. The molecule has 0 heterocycles. The van der Waals surface area contributed by atoms with Gasteiger partial charge in [-0.3, -0.25) is 4.90 Å². The van der Waals surface area contributed by atoms with Crippen LogP contribution in [0.15, 0.2) is 24.3 Å². The molecule has 1 aromatic carbocycles. The molecule has 1 fully saturated rings. The fourth-order valence-electron chi connectivity index (χ4n) is 2.51. The van der Waals surface area contributed by atoms with Gasteiger partial charge in [0.2, 0.25) is 0 Å². The minimum Gasteiger partial charge on any atom is -0.398 e. The van der Waals surface area contributed by atoms with E-state index in [0.717, 1.165) is 18.2 Å². The van der Waals surface area contributed by atoms with Crippen LogP contribution in [0, 0.1) is 5.92 Å². The van der Waals surface area contributed by atoms with E-state index in [4.69, 9.17) is 5.73 Å². The van der Waals surface area contributed by atoms with Gasteiger partial charge in [0.25, 0.3) is 0 Å². The van der Waals surface area contributed by atoms with Crippen LogP contribution < -0.4 is 5.73 Å². The standard InChI is InChI=1S/C15H24N2/c1-2-10-17(11-13-6-5-7-13)12-14-8-3-4-9-15(14)16/h3-4,8-9,13H,2,5-7,10-12,16H2,1H3. The second-order valence-corrected chi connectivity index (χ2v) is 5.23. The van der Waals surface area contributed by atoms with E-state index in [9.17, 15) is 0 Å². The zero-order valence-electron chi connectivity index (χ0n) is 10.9. The monoisotopic (exact) mass is 232 g/mol. The molecule has 2 nitrogen and oxygen atoms in total. The van der Waals surface area contributed by atoms with Gasteiger partial charge in [-0.15, -0.1) is 0 Å². The van der Waals surface area contributed by atoms with Crippen LogP contribution in [0.5, 0.6) is 0 Å². The topological polar surface area (TPSA) is 29.3 Å². The lowest BCUT2D eigenvalue weighted by atomic mass is 9.85. The number of hydrogen-bond acceptors (Lipinski definition) is 2. The third kappa shape index (κ3) is 3.47. The number of para-hydroxylation sites is 1. The Kier molecular flexibility index (Phi) is 4.43. The van der Waals surface area contributed by atoms with Crippen LogP contribution in [0.4, 0.5) is 5.69 Å². The molecule has 0 amide bonds. The van der Waals surface area contributed by atoms with Crippen molar-refractivity contribution in [1.29, 1.82) is 0 Å². The first-order valence-corrected chi connectivity index (χ1v) is 6.85. The van der Waals surface area contributed by atoms with E-state index in [2.05, 4.69) is 24.0 Å². The lowest BCUT2D eigenvalue weighted by molar-refractivity contribution is 0.172. The Bertz CT molecular complexity index is 345. The smallest absolute Gasteiger partial charge is 0.0359 e. The number of nitrogen functional groups attached to an aromatic ring is 1. The van der Waals surface area contributed by atoms with Crippen LogP contribution in [0.3, 0.4) is 0 Å². The first kappa shape index (κ1) is 12.4. The summed E-state index contributed by atoms with van der Waals surface area (Å²) in [5.41, 5.74) is 8.23. The maximum Gasteiger partial charge on any atom is 0.0359 e. The van der Waals surface area contributed by atoms with E-state index < -0.39 is 0 Å². The first-order valence-electron chi connectivity index (χ1n) is 6.85. The molecule has 0 aromatic heterocycles. The van der Waals surface area contributed by atoms with E-state index in [1.807, 2.05) is 12.1 Å². The van der Waals surface area contributed by atoms with E-state index in [1.54, 1.807) is 0 Å². The van der Waals surface area contributed by atoms with Crippen LogP contribution in [-0.2, 0) is 6.54 Å². The summed E-state index contributed by atoms with van der Waals surface area (Å²) in [7, 11) is 0. The predicted molar refractivity (Wildman–Crippen MR) is 73.8 cm³/mol. The number of hydrogen-bond donors (Lipinski definition) is 1. The van der Waals surface area contributed by atoms with Crippen molar-refractivity contribution in [2.24, 2.45) is 5.92 Å². The Morgan fingerprint density at radius 1 is 1.29 bits per heavy atom. The third-order valence-corrected chi connectivity index (χ3v) is 3.73. The quantitative estimate of drug-likeness (QED) is 0.763. The minimum absolute atomic E-state index is 0.933. The maximum atomic E-state index is 6.02. The zero-order valence-corrected chi connectivity index (χ0v) is 10.9. The van der Waals surface area contributed by atoms with Crippen LogP contribution in [0.2, 0.25) is 0 Å². The molecule has 1 aliphatic carbocycles. The molecule has 17 heavy (non-hydrogen) atoms. The summed E-state index contributed by atoms with van der Waals surface area (Å²) in [5, 5.41) is 0. The molecule has 1 saturated carbocycles. The van der Waals surface area contributed by atoms with E-state index in [1.165, 1.54) is 44.3 Å². The summed E-state index contributed by atoms with van der Waals surface area (Å²) in [6.07, 6.45) is 5.49. The molecule has 0 saturated heterocycles. The van der Waals surface area contributed by atoms with Gasteiger partial charge in [0, 0.05) is 18.8 Å². The lowest BCUT2D eigenvalue weighted by Gasteiger charge is -2.32. The molecule has 0 radical (unpaired) electrons. The molecular weight excluding hydrogens is 208 g/mol. The number of nitrogens with two attached hydrogens (primary N) is 1. The molecule has 2 rings (SSSR count). The number of rotatable bonds is 6. The van der Waals surface area contributed by atoms with Gasteiger partial charge in [-0.1, -0.05) is 31.5 Å². The minimum atomic E-state index is 0.933. The highest BCUT2D eigenvalue weighted by Gasteiger charge is 2.20. The molecule has 0 aliphatic heterocycles. The van der Waals surface area contributed by atoms with E-state index in [-0.39, 0.29) is 0 Å². The second kappa shape index (κ2) is 6.06. The fraction of sp³-hybridized carbons (Fsp3) is 0.600. The summed E-state index contributed by atoms with van der Waals surface area (Å²) in [6, 6.07) is 8.25. The van der Waals surface area contributed by atoms with Crippen LogP contribution >= 0.6 is 0 Å². The van der Waals surface area contributed by atoms with Crippen molar-refractivity contribution in [2.75, 3.05) is 18.8 Å². The molecule has 94 valence electrons. The van der Waals surface area contributed by atoms with Crippen molar-refractivity contribution >= 4 is 5.69 Å². The van der Waals surface area contributed by atoms with Crippen LogP contribution in [0.25, 0.3) is 0 Å². The van der Waals surface area contributed by atoms with Crippen molar-refractivity contribution in [3.8, 4) is 0 Å². The number of benzene rings is 1. The summed E-state index contributed by atoms with van der Waals surface area (Å²) >= 11 is 0. The molecule has 0 bridgehead atoms. The van der Waals surface area contributed by atoms with Crippen molar-refractivity contribution in [3.05, 3.63) is 29.8 Å². The normalized spacial score (nSPS) is 16.1. The van der Waals surface area contributed by atoms with Crippen LogP contribution in [0.1, 0.15) is 38.2 Å². The zero-order chi connectivity index (χ0) is 12.1. The highest BCUT2D eigenvalue weighted by Crippen LogP contribution is 2.28. The Morgan fingerprint density at radius 3 is 2.65 bits per heavy atom. The van der Waals surface area contributed by atoms with Crippen molar-refractivity contribution in [1.82, 2.24) is 4.90 Å². The van der Waals surface area contributed by atoms with Crippen LogP contribution in [-0.4, -0.2) is 18.0 Å². The van der Waals surface area contributed by atoms with E-state index in [0.29, 0.717) is 0 Å². The van der Waals surface area contributed by atoms with Gasteiger partial charge in [-0.2, -0.15) is 0 Å². The Labute approximate surface area is 105 Å². The number of anilines is 1. The largest absolute Gasteiger partial charge is 0.398 e. The predicted octanol–water partition coefficient (Wildman–Crippen LogP) is 3.28. The molecule has 2 heteroatoms.